The van der Waals surface area contributed by atoms with Crippen LogP contribution in [0, 0.1) is 5.82 Å². The van der Waals surface area contributed by atoms with Crippen molar-refractivity contribution >= 4 is 17.6 Å². The van der Waals surface area contributed by atoms with Crippen LogP contribution in [0.2, 0.25) is 0 Å². The van der Waals surface area contributed by atoms with Gasteiger partial charge in [-0.05, 0) is 38.1 Å². The minimum atomic E-state index is -0.693. The maximum absolute atomic E-state index is 13.1. The monoisotopic (exact) mass is 429 g/mol. The number of amides is 3. The van der Waals surface area contributed by atoms with Crippen molar-refractivity contribution in [3.63, 3.8) is 0 Å². The van der Waals surface area contributed by atoms with Crippen LogP contribution in [0.4, 0.5) is 14.9 Å². The van der Waals surface area contributed by atoms with Crippen LogP contribution in [0.5, 0.6) is 0 Å². The highest BCUT2D eigenvalue weighted by Gasteiger charge is 2.48. The smallest absolute Gasteiger partial charge is 0.321 e. The molecule has 3 amide bonds. The third kappa shape index (κ3) is 4.14. The summed E-state index contributed by atoms with van der Waals surface area (Å²) >= 11 is 0. The van der Waals surface area contributed by atoms with Gasteiger partial charge in [0.1, 0.15) is 17.2 Å². The number of anilines is 1. The van der Waals surface area contributed by atoms with Crippen LogP contribution in [0.1, 0.15) is 32.5 Å². The lowest BCUT2D eigenvalue weighted by atomic mass is 9.88. The normalized spacial score (nSPS) is 19.7. The number of likely N-dealkylation sites (tertiary alicyclic amines) is 1. The van der Waals surface area contributed by atoms with Crippen molar-refractivity contribution in [3.8, 4) is 0 Å². The minimum Gasteiger partial charge on any atom is -0.352 e. The topological polar surface area (TPSA) is 79.7 Å². The number of nitrogens with zero attached hydrogens (tertiary/aromatic N) is 4. The molecule has 1 saturated heterocycles. The molecular weight excluding hydrogens is 401 g/mol. The number of imidazole rings is 1. The third-order valence-electron chi connectivity index (χ3n) is 6.16. The fourth-order valence-electron chi connectivity index (χ4n) is 4.41. The fourth-order valence-corrected chi connectivity index (χ4v) is 4.41. The van der Waals surface area contributed by atoms with Gasteiger partial charge in [0, 0.05) is 57.1 Å². The number of ether oxygens (including phenoxy) is 1. The second-order valence-electron chi connectivity index (χ2n) is 7.94. The molecule has 1 spiro atoms. The van der Waals surface area contributed by atoms with E-state index in [0.29, 0.717) is 51.3 Å². The average molecular weight is 429 g/mol. The number of halogens is 1. The number of carbonyl (C=O) groups is 2. The zero-order valence-corrected chi connectivity index (χ0v) is 17.9. The Balaban J connectivity index is 1.46. The van der Waals surface area contributed by atoms with Gasteiger partial charge in [0.2, 0.25) is 0 Å². The van der Waals surface area contributed by atoms with E-state index in [2.05, 4.69) is 10.3 Å². The predicted molar refractivity (Wildman–Crippen MR) is 113 cm³/mol. The van der Waals surface area contributed by atoms with Gasteiger partial charge < -0.3 is 24.4 Å². The Labute approximate surface area is 181 Å². The molecule has 1 unspecified atom stereocenters. The molecule has 0 saturated carbocycles. The van der Waals surface area contributed by atoms with Gasteiger partial charge in [0.25, 0.3) is 5.91 Å². The van der Waals surface area contributed by atoms with Crippen molar-refractivity contribution in [1.82, 2.24) is 19.4 Å². The zero-order valence-electron chi connectivity index (χ0n) is 17.9. The summed E-state index contributed by atoms with van der Waals surface area (Å²) in [5.41, 5.74) is -0.150. The first-order valence-electron chi connectivity index (χ1n) is 10.8. The van der Waals surface area contributed by atoms with Crippen LogP contribution >= 0.6 is 0 Å². The number of rotatable bonds is 4. The number of carbonyl (C=O) groups excluding carboxylic acids is 2. The zero-order chi connectivity index (χ0) is 22.0. The molecule has 1 fully saturated rings. The van der Waals surface area contributed by atoms with Crippen molar-refractivity contribution in [3.05, 3.63) is 48.3 Å². The van der Waals surface area contributed by atoms with Gasteiger partial charge in [0.15, 0.2) is 6.10 Å². The molecule has 9 heteroatoms. The summed E-state index contributed by atoms with van der Waals surface area (Å²) in [6, 6.07) is 5.44. The summed E-state index contributed by atoms with van der Waals surface area (Å²) in [6.07, 6.45) is 4.14. The van der Waals surface area contributed by atoms with Gasteiger partial charge in [-0.1, -0.05) is 0 Å². The molecule has 8 nitrogen and oxygen atoms in total. The van der Waals surface area contributed by atoms with E-state index >= 15 is 0 Å². The van der Waals surface area contributed by atoms with Crippen LogP contribution in [-0.4, -0.2) is 63.6 Å². The number of piperidine rings is 1. The molecule has 1 aromatic carbocycles. The molecular formula is C22H28FN5O3. The maximum atomic E-state index is 13.1. The van der Waals surface area contributed by atoms with E-state index in [4.69, 9.17) is 4.74 Å². The maximum Gasteiger partial charge on any atom is 0.321 e. The standard InChI is InChI=1S/C22H28FN5O3/c1-3-26(4-2)19(29)18-15-28-14-11-24-20(28)22(31-18)9-12-27(13-10-22)21(30)25-17-7-5-16(23)6-8-17/h5-8,11,14,18H,3-4,9-10,12-13,15H2,1-2H3,(H,25,30). The quantitative estimate of drug-likeness (QED) is 0.811. The molecule has 1 atom stereocenters. The molecule has 2 aliphatic heterocycles. The van der Waals surface area contributed by atoms with Gasteiger partial charge in [-0.25, -0.2) is 14.2 Å². The number of hydrogen-bond donors (Lipinski definition) is 1. The largest absolute Gasteiger partial charge is 0.352 e. The van der Waals surface area contributed by atoms with Gasteiger partial charge in [-0.15, -0.1) is 0 Å². The Hall–Kier alpha value is -2.94. The first-order valence-corrected chi connectivity index (χ1v) is 10.8. The summed E-state index contributed by atoms with van der Waals surface area (Å²) in [4.78, 5) is 33.7. The minimum absolute atomic E-state index is 0.0137. The molecule has 3 heterocycles. The number of hydrogen-bond acceptors (Lipinski definition) is 4. The molecule has 166 valence electrons. The number of nitrogens with one attached hydrogen (secondary N) is 1. The molecule has 2 aromatic rings. The van der Waals surface area contributed by atoms with Crippen molar-refractivity contribution < 1.29 is 18.7 Å². The van der Waals surface area contributed by atoms with Gasteiger partial charge >= 0.3 is 6.03 Å². The lowest BCUT2D eigenvalue weighted by molar-refractivity contribution is -0.179. The predicted octanol–water partition coefficient (Wildman–Crippen LogP) is 2.81. The highest BCUT2D eigenvalue weighted by molar-refractivity contribution is 5.89. The highest BCUT2D eigenvalue weighted by atomic mass is 19.1. The van der Waals surface area contributed by atoms with E-state index in [1.807, 2.05) is 24.6 Å². The summed E-state index contributed by atoms with van der Waals surface area (Å²) in [5, 5.41) is 2.80. The van der Waals surface area contributed by atoms with Crippen molar-refractivity contribution in [1.29, 1.82) is 0 Å². The third-order valence-corrected chi connectivity index (χ3v) is 6.16. The van der Waals surface area contributed by atoms with Crippen LogP contribution in [0.3, 0.4) is 0 Å². The summed E-state index contributed by atoms with van der Waals surface area (Å²) in [6.45, 7) is 6.56. The van der Waals surface area contributed by atoms with E-state index in [-0.39, 0.29) is 17.8 Å². The van der Waals surface area contributed by atoms with E-state index < -0.39 is 11.7 Å². The Morgan fingerprint density at radius 3 is 2.55 bits per heavy atom. The molecule has 0 aliphatic carbocycles. The molecule has 2 aliphatic rings. The Morgan fingerprint density at radius 1 is 1.23 bits per heavy atom. The van der Waals surface area contributed by atoms with Crippen molar-refractivity contribution in [2.24, 2.45) is 0 Å². The molecule has 1 N–H and O–H groups in total. The van der Waals surface area contributed by atoms with E-state index in [0.717, 1.165) is 5.82 Å². The number of fused-ring (bicyclic) bond motifs is 2. The number of benzene rings is 1. The molecule has 0 bridgehead atoms. The summed E-state index contributed by atoms with van der Waals surface area (Å²) in [7, 11) is 0. The van der Waals surface area contributed by atoms with Crippen molar-refractivity contribution in [2.75, 3.05) is 31.5 Å². The number of aromatic nitrogens is 2. The van der Waals surface area contributed by atoms with Gasteiger partial charge in [-0.3, -0.25) is 4.79 Å². The Kier molecular flexibility index (Phi) is 5.95. The fraction of sp³-hybridized carbons (Fsp3) is 0.500. The number of likely N-dealkylation sites (N-methyl/N-ethyl adjacent to an activating group) is 1. The number of urea groups is 1. The second kappa shape index (κ2) is 8.66. The lowest BCUT2D eigenvalue weighted by Gasteiger charge is -2.46. The van der Waals surface area contributed by atoms with E-state index in [9.17, 15) is 14.0 Å². The van der Waals surface area contributed by atoms with Crippen LogP contribution in [-0.2, 0) is 21.7 Å². The van der Waals surface area contributed by atoms with Crippen LogP contribution in [0.15, 0.2) is 36.7 Å². The molecule has 0 radical (unpaired) electrons. The first-order chi connectivity index (χ1) is 15.0. The summed E-state index contributed by atoms with van der Waals surface area (Å²) < 4.78 is 21.5. The Morgan fingerprint density at radius 2 is 1.90 bits per heavy atom. The molecule has 1 aromatic heterocycles. The highest BCUT2D eigenvalue weighted by Crippen LogP contribution is 2.40. The lowest BCUT2D eigenvalue weighted by Crippen LogP contribution is -2.55. The van der Waals surface area contributed by atoms with Gasteiger partial charge in [-0.2, -0.15) is 0 Å². The average Bonchev–Trinajstić information content (AvgIpc) is 3.26. The second-order valence-corrected chi connectivity index (χ2v) is 7.94. The SMILES string of the molecule is CCN(CC)C(=O)C1Cn2ccnc2C2(CCN(C(=O)Nc3ccc(F)cc3)CC2)O1. The van der Waals surface area contributed by atoms with Crippen molar-refractivity contribution in [2.45, 2.75) is 44.9 Å². The van der Waals surface area contributed by atoms with E-state index in [1.165, 1.54) is 24.3 Å². The molecule has 4 rings (SSSR count). The van der Waals surface area contributed by atoms with Crippen LogP contribution < -0.4 is 5.32 Å². The first kappa shape index (κ1) is 21.3. The van der Waals surface area contributed by atoms with E-state index in [1.54, 1.807) is 16.0 Å². The Bertz CT molecular complexity index is 933. The van der Waals surface area contributed by atoms with Gasteiger partial charge in [0.05, 0.1) is 6.54 Å². The van der Waals surface area contributed by atoms with Crippen LogP contribution in [0.25, 0.3) is 0 Å². The summed E-state index contributed by atoms with van der Waals surface area (Å²) in [5.74, 6) is 0.451. The molecule has 31 heavy (non-hydrogen) atoms.